The highest BCUT2D eigenvalue weighted by molar-refractivity contribution is 5.87. The molecule has 1 unspecified atom stereocenters. The minimum atomic E-state index is -0.722. The number of nitrogens with one attached hydrogen (secondary N) is 1. The Balaban J connectivity index is 2.54. The van der Waals surface area contributed by atoms with Crippen molar-refractivity contribution >= 4 is 5.91 Å². The summed E-state index contributed by atoms with van der Waals surface area (Å²) in [5.74, 6) is 0.506. The average Bonchev–Trinajstić information content (AvgIpc) is 2.36. The van der Waals surface area contributed by atoms with Crippen molar-refractivity contribution in [1.82, 2.24) is 5.32 Å². The van der Waals surface area contributed by atoms with E-state index in [0.29, 0.717) is 0 Å². The number of likely N-dealkylation sites (N-methyl/N-ethyl adjacent to an activating group) is 1. The molecule has 1 amide bonds. The highest BCUT2D eigenvalue weighted by Gasteiger charge is 2.40. The predicted octanol–water partition coefficient (Wildman–Crippen LogP) is 0.931. The molecule has 3 N–H and O–H groups in total. The molecule has 0 saturated carbocycles. The van der Waals surface area contributed by atoms with Crippen molar-refractivity contribution in [2.75, 3.05) is 14.2 Å². The fraction of sp³-hybridized carbons (Fsp3) is 0.462. The summed E-state index contributed by atoms with van der Waals surface area (Å²) < 4.78 is 5.21. The van der Waals surface area contributed by atoms with Crippen LogP contribution in [0.5, 0.6) is 5.75 Å². The minimum Gasteiger partial charge on any atom is -0.497 e. The van der Waals surface area contributed by atoms with Crippen LogP contribution >= 0.6 is 0 Å². The number of ether oxygens (including phenoxy) is 1. The van der Waals surface area contributed by atoms with E-state index in [0.717, 1.165) is 36.1 Å². The summed E-state index contributed by atoms with van der Waals surface area (Å²) in [5, 5.41) is 3.10. The van der Waals surface area contributed by atoms with Crippen LogP contribution in [0.2, 0.25) is 0 Å². The van der Waals surface area contributed by atoms with E-state index >= 15 is 0 Å². The Kier molecular flexibility index (Phi) is 3.07. The normalized spacial score (nSPS) is 22.9. The molecule has 0 radical (unpaired) electrons. The van der Waals surface area contributed by atoms with E-state index in [-0.39, 0.29) is 5.91 Å². The zero-order valence-electron chi connectivity index (χ0n) is 10.2. The lowest BCUT2D eigenvalue weighted by atomic mass is 9.76. The second-order valence-electron chi connectivity index (χ2n) is 4.40. The third-order valence-electron chi connectivity index (χ3n) is 3.62. The van der Waals surface area contributed by atoms with E-state index in [9.17, 15) is 4.79 Å². The first-order chi connectivity index (χ1) is 8.14. The van der Waals surface area contributed by atoms with E-state index < -0.39 is 5.54 Å². The number of amides is 1. The number of benzene rings is 1. The molecule has 0 aromatic heterocycles. The molecule has 1 aliphatic rings. The van der Waals surface area contributed by atoms with Gasteiger partial charge in [0, 0.05) is 0 Å². The predicted molar refractivity (Wildman–Crippen MR) is 65.9 cm³/mol. The Labute approximate surface area is 101 Å². The molecule has 0 bridgehead atoms. The van der Waals surface area contributed by atoms with E-state index in [4.69, 9.17) is 10.5 Å². The molecule has 0 fully saturated rings. The molecule has 1 atom stereocenters. The first-order valence-electron chi connectivity index (χ1n) is 5.80. The van der Waals surface area contributed by atoms with Crippen molar-refractivity contribution < 1.29 is 9.53 Å². The highest BCUT2D eigenvalue weighted by Crippen LogP contribution is 2.36. The third-order valence-corrected chi connectivity index (χ3v) is 3.62. The number of aryl methyl sites for hydroxylation is 1. The minimum absolute atomic E-state index is 0.314. The molecule has 0 heterocycles. The first kappa shape index (κ1) is 11.9. The van der Waals surface area contributed by atoms with E-state index in [1.54, 1.807) is 14.2 Å². The molecule has 0 saturated heterocycles. The lowest BCUT2D eigenvalue weighted by Crippen LogP contribution is -2.53. The first-order valence-corrected chi connectivity index (χ1v) is 5.80. The van der Waals surface area contributed by atoms with Crippen LogP contribution in [0.15, 0.2) is 18.2 Å². The Morgan fingerprint density at radius 1 is 1.53 bits per heavy atom. The van der Waals surface area contributed by atoms with Crippen LogP contribution < -0.4 is 15.8 Å². The van der Waals surface area contributed by atoms with Crippen molar-refractivity contribution in [1.29, 1.82) is 0 Å². The fourth-order valence-corrected chi connectivity index (χ4v) is 2.64. The van der Waals surface area contributed by atoms with Crippen molar-refractivity contribution in [2.45, 2.75) is 24.8 Å². The Bertz CT molecular complexity index is 445. The largest absolute Gasteiger partial charge is 0.497 e. The summed E-state index contributed by atoms with van der Waals surface area (Å²) in [5.41, 5.74) is 6.97. The van der Waals surface area contributed by atoms with Gasteiger partial charge in [0.25, 0.3) is 0 Å². The van der Waals surface area contributed by atoms with Crippen LogP contribution in [-0.4, -0.2) is 20.1 Å². The standard InChI is InChI=1S/C13H18N2O2/c1-15-13(12(14)16)7-3-4-9-8-10(17-2)5-6-11(9)13/h5-6,8,15H,3-4,7H2,1-2H3,(H2,14,16). The number of carbonyl (C=O) groups excluding carboxylic acids is 1. The van der Waals surface area contributed by atoms with Gasteiger partial charge in [0.1, 0.15) is 11.3 Å². The van der Waals surface area contributed by atoms with Crippen LogP contribution in [0.25, 0.3) is 0 Å². The van der Waals surface area contributed by atoms with Gasteiger partial charge in [0.05, 0.1) is 7.11 Å². The van der Waals surface area contributed by atoms with Gasteiger partial charge >= 0.3 is 0 Å². The number of fused-ring (bicyclic) bond motifs is 1. The molecule has 2 rings (SSSR count). The summed E-state index contributed by atoms with van der Waals surface area (Å²) in [6, 6.07) is 5.80. The third kappa shape index (κ3) is 1.78. The molecular formula is C13H18N2O2. The lowest BCUT2D eigenvalue weighted by molar-refractivity contribution is -0.125. The quantitative estimate of drug-likeness (QED) is 0.817. The van der Waals surface area contributed by atoms with Gasteiger partial charge in [-0.2, -0.15) is 0 Å². The van der Waals surface area contributed by atoms with Gasteiger partial charge in [0.2, 0.25) is 5.91 Å². The van der Waals surface area contributed by atoms with Gasteiger partial charge < -0.3 is 15.8 Å². The number of rotatable bonds is 3. The molecule has 92 valence electrons. The van der Waals surface area contributed by atoms with Crippen molar-refractivity contribution in [3.05, 3.63) is 29.3 Å². The molecule has 4 heteroatoms. The number of nitrogens with two attached hydrogens (primary N) is 1. The maximum atomic E-state index is 11.8. The van der Waals surface area contributed by atoms with E-state index in [2.05, 4.69) is 5.32 Å². The summed E-state index contributed by atoms with van der Waals surface area (Å²) in [7, 11) is 3.42. The molecule has 1 aromatic rings. The van der Waals surface area contributed by atoms with Gasteiger partial charge in [-0.3, -0.25) is 4.79 Å². The molecule has 1 aromatic carbocycles. The maximum absolute atomic E-state index is 11.8. The number of hydrogen-bond acceptors (Lipinski definition) is 3. The monoisotopic (exact) mass is 234 g/mol. The SMILES string of the molecule is CNC1(C(N)=O)CCCc2cc(OC)ccc21. The topological polar surface area (TPSA) is 64.3 Å². The number of methoxy groups -OCH3 is 1. The summed E-state index contributed by atoms with van der Waals surface area (Å²) in [6.45, 7) is 0. The Morgan fingerprint density at radius 2 is 2.29 bits per heavy atom. The molecule has 0 aliphatic heterocycles. The zero-order valence-corrected chi connectivity index (χ0v) is 10.2. The summed E-state index contributed by atoms with van der Waals surface area (Å²) in [6.07, 6.45) is 2.66. The second kappa shape index (κ2) is 4.37. The number of hydrogen-bond donors (Lipinski definition) is 2. The summed E-state index contributed by atoms with van der Waals surface area (Å²) in [4.78, 5) is 11.8. The van der Waals surface area contributed by atoms with Gasteiger partial charge in [-0.1, -0.05) is 6.07 Å². The van der Waals surface area contributed by atoms with Crippen molar-refractivity contribution in [2.24, 2.45) is 5.73 Å². The zero-order chi connectivity index (χ0) is 12.5. The van der Waals surface area contributed by atoms with Gasteiger partial charge in [-0.05, 0) is 49.6 Å². The van der Waals surface area contributed by atoms with Gasteiger partial charge in [-0.15, -0.1) is 0 Å². The maximum Gasteiger partial charge on any atom is 0.242 e. The Morgan fingerprint density at radius 3 is 2.88 bits per heavy atom. The van der Waals surface area contributed by atoms with E-state index in [1.807, 2.05) is 18.2 Å². The van der Waals surface area contributed by atoms with Crippen molar-refractivity contribution in [3.63, 3.8) is 0 Å². The van der Waals surface area contributed by atoms with Crippen LogP contribution in [0.1, 0.15) is 24.0 Å². The smallest absolute Gasteiger partial charge is 0.242 e. The molecule has 4 nitrogen and oxygen atoms in total. The van der Waals surface area contributed by atoms with Crippen LogP contribution in [-0.2, 0) is 16.8 Å². The lowest BCUT2D eigenvalue weighted by Gasteiger charge is -2.36. The average molecular weight is 234 g/mol. The van der Waals surface area contributed by atoms with Crippen molar-refractivity contribution in [3.8, 4) is 5.75 Å². The summed E-state index contributed by atoms with van der Waals surface area (Å²) >= 11 is 0. The van der Waals surface area contributed by atoms with Gasteiger partial charge in [0.15, 0.2) is 0 Å². The Hall–Kier alpha value is -1.55. The molecule has 17 heavy (non-hydrogen) atoms. The highest BCUT2D eigenvalue weighted by atomic mass is 16.5. The van der Waals surface area contributed by atoms with Gasteiger partial charge in [-0.25, -0.2) is 0 Å². The molecule has 0 spiro atoms. The number of primary amides is 1. The van der Waals surface area contributed by atoms with Crippen LogP contribution in [0, 0.1) is 0 Å². The van der Waals surface area contributed by atoms with Crippen LogP contribution in [0.3, 0.4) is 0 Å². The molecular weight excluding hydrogens is 216 g/mol. The second-order valence-corrected chi connectivity index (χ2v) is 4.40. The fourth-order valence-electron chi connectivity index (χ4n) is 2.64. The van der Waals surface area contributed by atoms with E-state index in [1.165, 1.54) is 0 Å². The molecule has 1 aliphatic carbocycles. The van der Waals surface area contributed by atoms with Crippen LogP contribution in [0.4, 0.5) is 0 Å². The number of carbonyl (C=O) groups is 1.